The third-order valence-electron chi connectivity index (χ3n) is 3.83. The highest BCUT2D eigenvalue weighted by molar-refractivity contribution is 7.89. The number of nitrogens with two attached hydrogens (primary N) is 1. The van der Waals surface area contributed by atoms with Crippen LogP contribution in [0, 0.1) is 19.8 Å². The highest BCUT2D eigenvalue weighted by Gasteiger charge is 2.40. The predicted octanol–water partition coefficient (Wildman–Crippen LogP) is 2.35. The summed E-state index contributed by atoms with van der Waals surface area (Å²) in [5, 5.41) is 0. The van der Waals surface area contributed by atoms with E-state index in [4.69, 9.17) is 5.73 Å². The number of nitrogen functional groups attached to an aromatic ring is 1. The minimum absolute atomic E-state index is 0.290. The molecule has 1 aromatic rings. The van der Waals surface area contributed by atoms with Gasteiger partial charge in [0.15, 0.2) is 0 Å². The van der Waals surface area contributed by atoms with Gasteiger partial charge in [0, 0.05) is 11.2 Å². The van der Waals surface area contributed by atoms with Crippen LogP contribution in [0.1, 0.15) is 37.8 Å². The maximum absolute atomic E-state index is 12.5. The van der Waals surface area contributed by atoms with E-state index < -0.39 is 15.6 Å². The lowest BCUT2D eigenvalue weighted by Gasteiger charge is -2.26. The average Bonchev–Trinajstić information content (AvgIpc) is 3.05. The summed E-state index contributed by atoms with van der Waals surface area (Å²) in [5.74, 6) is 0.435. The van der Waals surface area contributed by atoms with Crippen LogP contribution in [0.2, 0.25) is 0 Å². The monoisotopic (exact) mass is 282 g/mol. The van der Waals surface area contributed by atoms with Crippen LogP contribution in [0.4, 0.5) is 5.69 Å². The Bertz CT molecular complexity index is 602. The Balaban J connectivity index is 2.39. The number of hydrogen-bond acceptors (Lipinski definition) is 3. The summed E-state index contributed by atoms with van der Waals surface area (Å²) < 4.78 is 27.9. The van der Waals surface area contributed by atoms with Crippen molar-refractivity contribution in [2.24, 2.45) is 5.92 Å². The molecule has 0 saturated heterocycles. The molecule has 106 valence electrons. The molecule has 0 aromatic heterocycles. The van der Waals surface area contributed by atoms with E-state index >= 15 is 0 Å². The van der Waals surface area contributed by atoms with E-state index in [1.165, 1.54) is 0 Å². The van der Waals surface area contributed by atoms with Gasteiger partial charge in [-0.2, -0.15) is 0 Å². The minimum Gasteiger partial charge on any atom is -0.398 e. The first-order valence-electron chi connectivity index (χ1n) is 6.54. The number of sulfonamides is 1. The molecular weight excluding hydrogens is 260 g/mol. The maximum atomic E-state index is 12.5. The SMILES string of the molecule is Cc1cc(N)c(C)c(S(=O)(=O)NC(C)(C)C2CC2)c1. The van der Waals surface area contributed by atoms with Crippen LogP contribution < -0.4 is 10.5 Å². The smallest absolute Gasteiger partial charge is 0.241 e. The fourth-order valence-corrected chi connectivity index (χ4v) is 4.25. The average molecular weight is 282 g/mol. The molecule has 19 heavy (non-hydrogen) atoms. The van der Waals surface area contributed by atoms with Crippen LogP contribution in [-0.4, -0.2) is 14.0 Å². The van der Waals surface area contributed by atoms with Crippen LogP contribution in [0.5, 0.6) is 0 Å². The molecule has 0 bridgehead atoms. The van der Waals surface area contributed by atoms with Crippen LogP contribution in [-0.2, 0) is 10.0 Å². The molecule has 2 rings (SSSR count). The van der Waals surface area contributed by atoms with E-state index in [2.05, 4.69) is 4.72 Å². The normalized spacial score (nSPS) is 16.6. The summed E-state index contributed by atoms with van der Waals surface area (Å²) in [6.07, 6.45) is 2.18. The number of nitrogens with one attached hydrogen (secondary N) is 1. The van der Waals surface area contributed by atoms with E-state index in [9.17, 15) is 8.42 Å². The van der Waals surface area contributed by atoms with Gasteiger partial charge in [-0.05, 0) is 69.7 Å². The summed E-state index contributed by atoms with van der Waals surface area (Å²) in [6.45, 7) is 7.47. The van der Waals surface area contributed by atoms with Crippen molar-refractivity contribution in [1.29, 1.82) is 0 Å². The molecule has 1 aromatic carbocycles. The lowest BCUT2D eigenvalue weighted by molar-refractivity contribution is 0.400. The second-order valence-corrected chi connectivity index (χ2v) is 7.73. The molecule has 4 nitrogen and oxygen atoms in total. The van der Waals surface area contributed by atoms with Crippen molar-refractivity contribution < 1.29 is 8.42 Å². The standard InChI is InChI=1S/C14H22N2O2S/c1-9-7-12(15)10(2)13(8-9)19(17,18)16-14(3,4)11-5-6-11/h7-8,11,16H,5-6,15H2,1-4H3. The van der Waals surface area contributed by atoms with Crippen molar-refractivity contribution in [3.05, 3.63) is 23.3 Å². The lowest BCUT2D eigenvalue weighted by Crippen LogP contribution is -2.45. The highest BCUT2D eigenvalue weighted by atomic mass is 32.2. The first-order chi connectivity index (χ1) is 8.63. The van der Waals surface area contributed by atoms with Gasteiger partial charge < -0.3 is 5.73 Å². The molecule has 0 spiro atoms. The van der Waals surface area contributed by atoms with E-state index in [1.54, 1.807) is 19.1 Å². The van der Waals surface area contributed by atoms with E-state index in [0.29, 0.717) is 22.1 Å². The van der Waals surface area contributed by atoms with Crippen LogP contribution in [0.15, 0.2) is 17.0 Å². The second kappa shape index (κ2) is 4.49. The van der Waals surface area contributed by atoms with Crippen molar-refractivity contribution in [3.8, 4) is 0 Å². The van der Waals surface area contributed by atoms with Crippen LogP contribution >= 0.6 is 0 Å². The second-order valence-electron chi connectivity index (χ2n) is 6.08. The Labute approximate surface area is 115 Å². The highest BCUT2D eigenvalue weighted by Crippen LogP contribution is 2.40. The summed E-state index contributed by atoms with van der Waals surface area (Å²) in [6, 6.07) is 3.47. The summed E-state index contributed by atoms with van der Waals surface area (Å²) in [5.41, 5.74) is 7.45. The molecular formula is C14H22N2O2S. The van der Waals surface area contributed by atoms with Gasteiger partial charge >= 0.3 is 0 Å². The summed E-state index contributed by atoms with van der Waals surface area (Å²) >= 11 is 0. The van der Waals surface area contributed by atoms with Gasteiger partial charge in [0.1, 0.15) is 0 Å². The maximum Gasteiger partial charge on any atom is 0.241 e. The zero-order valence-corrected chi connectivity index (χ0v) is 12.8. The van der Waals surface area contributed by atoms with Gasteiger partial charge in [-0.3, -0.25) is 0 Å². The quantitative estimate of drug-likeness (QED) is 0.833. The Morgan fingerprint density at radius 1 is 1.26 bits per heavy atom. The summed E-state index contributed by atoms with van der Waals surface area (Å²) in [7, 11) is -3.53. The molecule has 0 radical (unpaired) electrons. The molecule has 0 aliphatic heterocycles. The molecule has 5 heteroatoms. The van der Waals surface area contributed by atoms with E-state index in [-0.39, 0.29) is 0 Å². The van der Waals surface area contributed by atoms with Crippen molar-refractivity contribution in [2.75, 3.05) is 5.73 Å². The third-order valence-corrected chi connectivity index (χ3v) is 5.63. The number of benzene rings is 1. The molecule has 1 aliphatic rings. The van der Waals surface area contributed by atoms with Gasteiger partial charge in [-0.1, -0.05) is 0 Å². The molecule has 0 unspecified atom stereocenters. The number of anilines is 1. The predicted molar refractivity (Wildman–Crippen MR) is 77.5 cm³/mol. The first kappa shape index (κ1) is 14.3. The molecule has 1 fully saturated rings. The third kappa shape index (κ3) is 2.92. The number of hydrogen-bond donors (Lipinski definition) is 2. The van der Waals surface area contributed by atoms with Crippen LogP contribution in [0.25, 0.3) is 0 Å². The van der Waals surface area contributed by atoms with Gasteiger partial charge in [-0.15, -0.1) is 0 Å². The largest absolute Gasteiger partial charge is 0.398 e. The van der Waals surface area contributed by atoms with Gasteiger partial charge in [0.25, 0.3) is 0 Å². The molecule has 0 atom stereocenters. The summed E-state index contributed by atoms with van der Waals surface area (Å²) in [4.78, 5) is 0.290. The Morgan fingerprint density at radius 2 is 1.84 bits per heavy atom. The Hall–Kier alpha value is -1.07. The lowest BCUT2D eigenvalue weighted by atomic mass is 10.0. The van der Waals surface area contributed by atoms with Crippen molar-refractivity contribution in [1.82, 2.24) is 4.72 Å². The van der Waals surface area contributed by atoms with E-state index in [0.717, 1.165) is 18.4 Å². The Morgan fingerprint density at radius 3 is 2.37 bits per heavy atom. The van der Waals surface area contributed by atoms with Gasteiger partial charge in [0.2, 0.25) is 10.0 Å². The topological polar surface area (TPSA) is 72.2 Å². The van der Waals surface area contributed by atoms with Crippen molar-refractivity contribution in [3.63, 3.8) is 0 Å². The van der Waals surface area contributed by atoms with Gasteiger partial charge in [-0.25, -0.2) is 13.1 Å². The molecule has 1 saturated carbocycles. The molecule has 3 N–H and O–H groups in total. The minimum atomic E-state index is -3.53. The fourth-order valence-electron chi connectivity index (χ4n) is 2.42. The zero-order chi connectivity index (χ0) is 14.4. The number of rotatable bonds is 4. The fraction of sp³-hybridized carbons (Fsp3) is 0.571. The zero-order valence-electron chi connectivity index (χ0n) is 11.9. The van der Waals surface area contributed by atoms with Gasteiger partial charge in [0.05, 0.1) is 4.90 Å². The Kier molecular flexibility index (Phi) is 3.39. The first-order valence-corrected chi connectivity index (χ1v) is 8.02. The van der Waals surface area contributed by atoms with Crippen molar-refractivity contribution in [2.45, 2.75) is 51.0 Å². The van der Waals surface area contributed by atoms with E-state index in [1.807, 2.05) is 20.8 Å². The van der Waals surface area contributed by atoms with Crippen LogP contribution in [0.3, 0.4) is 0 Å². The molecule has 1 aliphatic carbocycles. The number of aryl methyl sites for hydroxylation is 1. The van der Waals surface area contributed by atoms with Crippen molar-refractivity contribution >= 4 is 15.7 Å². The molecule has 0 heterocycles. The molecule has 0 amide bonds.